The normalized spacial score (nSPS) is 11.9. The Bertz CT molecular complexity index is 588. The van der Waals surface area contributed by atoms with Crippen LogP contribution in [0.3, 0.4) is 0 Å². The Morgan fingerprint density at radius 3 is 3.00 bits per heavy atom. The Balaban J connectivity index is 2.16. The van der Waals surface area contributed by atoms with E-state index < -0.39 is 7.12 Å². The van der Waals surface area contributed by atoms with E-state index in [1.54, 1.807) is 31.3 Å². The van der Waals surface area contributed by atoms with Crippen LogP contribution in [0.1, 0.15) is 6.92 Å². The Morgan fingerprint density at radius 1 is 1.50 bits per heavy atom. The van der Waals surface area contributed by atoms with E-state index >= 15 is 0 Å². The van der Waals surface area contributed by atoms with E-state index in [1.165, 1.54) is 4.68 Å². The number of hydrogen-bond acceptors (Lipinski definition) is 6. The molecule has 2 N–H and O–H groups in total. The lowest BCUT2D eigenvalue weighted by atomic mass is 9.74. The minimum atomic E-state index is -1.40. The smallest absolute Gasteiger partial charge is 0.429 e. The third-order valence-corrected chi connectivity index (χ3v) is 2.84. The summed E-state index contributed by atoms with van der Waals surface area (Å²) >= 11 is 0. The number of aromatic nitrogens is 3. The van der Waals surface area contributed by atoms with E-state index in [2.05, 4.69) is 10.3 Å². The average molecular weight is 275 g/mol. The number of benzene rings is 1. The van der Waals surface area contributed by atoms with E-state index in [-0.39, 0.29) is 5.82 Å². The van der Waals surface area contributed by atoms with Crippen LogP contribution in [0, 0.1) is 0 Å². The van der Waals surface area contributed by atoms with Gasteiger partial charge in [-0.1, -0.05) is 24.3 Å². The Hall–Kier alpha value is -2.19. The molecular weight excluding hydrogens is 261 g/mol. The molecule has 1 atom stereocenters. The Labute approximate surface area is 115 Å². The molecule has 0 aliphatic rings. The highest BCUT2D eigenvalue weighted by molar-refractivity contribution is 6.42. The van der Waals surface area contributed by atoms with Crippen molar-refractivity contribution in [1.82, 2.24) is 15.0 Å². The summed E-state index contributed by atoms with van der Waals surface area (Å²) in [5, 5.41) is 26.0. The van der Waals surface area contributed by atoms with Gasteiger partial charge in [-0.3, -0.25) is 9.48 Å². The number of ether oxygens (including phenoxy) is 1. The largest absolute Gasteiger partial charge is 0.456 e. The van der Waals surface area contributed by atoms with Crippen LogP contribution in [0.25, 0.3) is 11.3 Å². The van der Waals surface area contributed by atoms with Gasteiger partial charge < -0.3 is 14.8 Å². The molecule has 20 heavy (non-hydrogen) atoms. The maximum atomic E-state index is 10.3. The van der Waals surface area contributed by atoms with Crippen molar-refractivity contribution >= 4 is 13.6 Å². The molecule has 1 heterocycles. The summed E-state index contributed by atoms with van der Waals surface area (Å²) in [6.45, 7) is 2.40. The molecule has 2 aromatic rings. The minimum Gasteiger partial charge on any atom is -0.429 e. The van der Waals surface area contributed by atoms with E-state index in [4.69, 9.17) is 14.8 Å². The van der Waals surface area contributed by atoms with Gasteiger partial charge in [-0.2, -0.15) is 0 Å². The van der Waals surface area contributed by atoms with Crippen molar-refractivity contribution in [3.63, 3.8) is 0 Å². The van der Waals surface area contributed by atoms with Crippen molar-refractivity contribution in [3.8, 4) is 17.0 Å². The molecule has 0 amide bonds. The zero-order chi connectivity index (χ0) is 14.5. The number of nitrogens with zero attached hydrogens (tertiary/aromatic N) is 3. The minimum absolute atomic E-state index is 0.342. The molecule has 0 saturated heterocycles. The summed E-state index contributed by atoms with van der Waals surface area (Å²) in [5.41, 5.74) is 1.37. The average Bonchev–Trinajstić information content (AvgIpc) is 2.88. The summed E-state index contributed by atoms with van der Waals surface area (Å²) in [5.74, 6) is 0.0699. The SMILES string of the molecule is C[C@@H](Cn1cc(-c2cccc(OC=O)c2)nn1)B(O)O. The molecule has 0 unspecified atom stereocenters. The van der Waals surface area contributed by atoms with Crippen LogP contribution in [0.2, 0.25) is 5.82 Å². The summed E-state index contributed by atoms with van der Waals surface area (Å²) in [6.07, 6.45) is 1.69. The molecule has 1 aromatic carbocycles. The molecular formula is C12H14BN3O4. The summed E-state index contributed by atoms with van der Waals surface area (Å²) in [6, 6.07) is 6.89. The second-order valence-corrected chi connectivity index (χ2v) is 4.46. The van der Waals surface area contributed by atoms with Gasteiger partial charge in [-0.15, -0.1) is 5.10 Å². The van der Waals surface area contributed by atoms with Crippen molar-refractivity contribution in [2.24, 2.45) is 0 Å². The van der Waals surface area contributed by atoms with E-state index in [1.807, 2.05) is 6.07 Å². The standard InChI is InChI=1S/C12H14BN3O4/c1-9(13(18)19)6-16-7-12(14-15-16)10-3-2-4-11(5-10)20-8-17/h2-5,7-9,18-19H,6H2,1H3/t9-/m0/s1. The molecule has 0 radical (unpaired) electrons. The van der Waals surface area contributed by atoms with E-state index in [0.29, 0.717) is 24.5 Å². The fourth-order valence-corrected chi connectivity index (χ4v) is 1.69. The van der Waals surface area contributed by atoms with Gasteiger partial charge in [0.2, 0.25) is 0 Å². The highest BCUT2D eigenvalue weighted by atomic mass is 16.5. The first-order valence-electron chi connectivity index (χ1n) is 6.07. The van der Waals surface area contributed by atoms with Gasteiger partial charge in [0.25, 0.3) is 6.47 Å². The molecule has 0 aliphatic carbocycles. The monoisotopic (exact) mass is 275 g/mol. The van der Waals surface area contributed by atoms with Crippen LogP contribution in [-0.4, -0.2) is 38.6 Å². The van der Waals surface area contributed by atoms with Crippen molar-refractivity contribution in [2.75, 3.05) is 0 Å². The highest BCUT2D eigenvalue weighted by Crippen LogP contribution is 2.22. The quantitative estimate of drug-likeness (QED) is 0.583. The molecule has 2 rings (SSSR count). The molecule has 1 aromatic heterocycles. The fourth-order valence-electron chi connectivity index (χ4n) is 1.69. The molecule has 7 nitrogen and oxygen atoms in total. The second kappa shape index (κ2) is 6.31. The first-order chi connectivity index (χ1) is 9.60. The topological polar surface area (TPSA) is 97.5 Å². The van der Waals surface area contributed by atoms with Gasteiger partial charge >= 0.3 is 7.12 Å². The van der Waals surface area contributed by atoms with Gasteiger partial charge in [-0.05, 0) is 12.1 Å². The summed E-state index contributed by atoms with van der Waals surface area (Å²) in [7, 11) is -1.40. The first-order valence-corrected chi connectivity index (χ1v) is 6.07. The number of carbonyl (C=O) groups is 1. The third-order valence-electron chi connectivity index (χ3n) is 2.84. The second-order valence-electron chi connectivity index (χ2n) is 4.46. The Morgan fingerprint density at radius 2 is 2.30 bits per heavy atom. The van der Waals surface area contributed by atoms with Gasteiger partial charge in [0, 0.05) is 17.9 Å². The number of carbonyl (C=O) groups excluding carboxylic acids is 1. The van der Waals surface area contributed by atoms with Crippen molar-refractivity contribution in [1.29, 1.82) is 0 Å². The number of hydrogen-bond donors (Lipinski definition) is 2. The van der Waals surface area contributed by atoms with Crippen LogP contribution in [0.4, 0.5) is 0 Å². The lowest BCUT2D eigenvalue weighted by Gasteiger charge is -2.08. The lowest BCUT2D eigenvalue weighted by Crippen LogP contribution is -2.22. The van der Waals surface area contributed by atoms with Gasteiger partial charge in [-0.25, -0.2) is 0 Å². The highest BCUT2D eigenvalue weighted by Gasteiger charge is 2.19. The molecule has 0 fully saturated rings. The van der Waals surface area contributed by atoms with Crippen molar-refractivity contribution in [3.05, 3.63) is 30.5 Å². The molecule has 0 aliphatic heterocycles. The summed E-state index contributed by atoms with van der Waals surface area (Å²) < 4.78 is 6.30. The zero-order valence-corrected chi connectivity index (χ0v) is 10.9. The van der Waals surface area contributed by atoms with E-state index in [9.17, 15) is 4.79 Å². The maximum absolute atomic E-state index is 10.3. The number of rotatable bonds is 6. The molecule has 8 heteroatoms. The Kier molecular flexibility index (Phi) is 4.49. The van der Waals surface area contributed by atoms with Crippen LogP contribution in [-0.2, 0) is 11.3 Å². The molecule has 0 saturated carbocycles. The lowest BCUT2D eigenvalue weighted by molar-refractivity contribution is -0.120. The fraction of sp³-hybridized carbons (Fsp3) is 0.250. The van der Waals surface area contributed by atoms with Gasteiger partial charge in [0.05, 0.1) is 6.20 Å². The van der Waals surface area contributed by atoms with Crippen LogP contribution >= 0.6 is 0 Å². The molecule has 104 valence electrons. The maximum Gasteiger partial charge on any atom is 0.456 e. The van der Waals surface area contributed by atoms with Crippen molar-refractivity contribution in [2.45, 2.75) is 19.3 Å². The molecule has 0 bridgehead atoms. The molecule has 0 spiro atoms. The zero-order valence-electron chi connectivity index (χ0n) is 10.9. The van der Waals surface area contributed by atoms with Crippen LogP contribution in [0.15, 0.2) is 30.5 Å². The van der Waals surface area contributed by atoms with E-state index in [0.717, 1.165) is 5.56 Å². The van der Waals surface area contributed by atoms with Crippen LogP contribution < -0.4 is 4.74 Å². The summed E-state index contributed by atoms with van der Waals surface area (Å²) in [4.78, 5) is 10.3. The van der Waals surface area contributed by atoms with Gasteiger partial charge in [0.15, 0.2) is 0 Å². The third kappa shape index (κ3) is 3.43. The van der Waals surface area contributed by atoms with Crippen molar-refractivity contribution < 1.29 is 19.6 Å². The predicted molar refractivity (Wildman–Crippen MR) is 71.8 cm³/mol. The van der Waals surface area contributed by atoms with Crippen LogP contribution in [0.5, 0.6) is 5.75 Å². The first kappa shape index (κ1) is 14.2. The predicted octanol–water partition coefficient (Wildman–Crippen LogP) is 0.343. The van der Waals surface area contributed by atoms with Gasteiger partial charge in [0.1, 0.15) is 11.4 Å².